The van der Waals surface area contributed by atoms with Gasteiger partial charge in [0.1, 0.15) is 11.8 Å². The van der Waals surface area contributed by atoms with Crippen LogP contribution in [-0.4, -0.2) is 29.5 Å². The number of nitrogens with zero attached hydrogens (tertiary/aromatic N) is 6. The summed E-state index contributed by atoms with van der Waals surface area (Å²) < 4.78 is 42.3. The number of aryl methyl sites for hydroxylation is 1. The van der Waals surface area contributed by atoms with Crippen molar-refractivity contribution in [2.75, 3.05) is 0 Å². The molecule has 3 aromatic heterocycles. The number of benzene rings is 2. The standard InChI is InChI=1S/C28H20ClF3N6O2/c1-15-19(8-13-22(34-15)28(30,31)32)14-37-27(40)24(18-6-11-21(33-3)12-7-18)23(17-4-9-20(29)10-5-17)26-36-35-25(16(2)39)38(26)37/h4-13,16,39H,14H2,1-2H3/t16-/m1/s1. The van der Waals surface area contributed by atoms with Gasteiger partial charge in [-0.2, -0.15) is 13.2 Å². The molecule has 0 unspecified atom stereocenters. The van der Waals surface area contributed by atoms with E-state index < -0.39 is 23.5 Å². The van der Waals surface area contributed by atoms with E-state index in [1.165, 1.54) is 29.1 Å². The number of hydrogen-bond donors (Lipinski definition) is 1. The Balaban J connectivity index is 1.85. The molecular weight excluding hydrogens is 545 g/mol. The Hall–Kier alpha value is -4.53. The highest BCUT2D eigenvalue weighted by Gasteiger charge is 2.33. The number of aliphatic hydroxyl groups is 1. The van der Waals surface area contributed by atoms with Gasteiger partial charge in [0.15, 0.2) is 17.2 Å². The molecule has 202 valence electrons. The first-order valence-electron chi connectivity index (χ1n) is 12.0. The van der Waals surface area contributed by atoms with Crippen molar-refractivity contribution in [1.29, 1.82) is 0 Å². The number of fused-ring (bicyclic) bond motifs is 1. The number of halogens is 4. The lowest BCUT2D eigenvalue weighted by Crippen LogP contribution is -2.31. The number of alkyl halides is 3. The minimum Gasteiger partial charge on any atom is -0.385 e. The average molecular weight is 565 g/mol. The SMILES string of the molecule is [C-]#[N+]c1ccc(-c2c(-c3ccc(Cl)cc3)c3nnc([C@@H](C)O)n3n(Cc3ccc(C(F)(F)F)nc3C)c2=O)cc1. The van der Waals surface area contributed by atoms with Gasteiger partial charge in [-0.15, -0.1) is 10.2 Å². The fraction of sp³-hybridized carbons (Fsp3) is 0.179. The van der Waals surface area contributed by atoms with Crippen molar-refractivity contribution in [3.8, 4) is 22.3 Å². The number of aliphatic hydroxyl groups excluding tert-OH is 1. The van der Waals surface area contributed by atoms with Gasteiger partial charge in [-0.05, 0) is 48.7 Å². The summed E-state index contributed by atoms with van der Waals surface area (Å²) in [6.07, 6.45) is -5.75. The molecule has 40 heavy (non-hydrogen) atoms. The molecule has 5 aromatic rings. The van der Waals surface area contributed by atoms with Crippen LogP contribution in [0.1, 0.15) is 35.8 Å². The Labute approximate surface area is 230 Å². The van der Waals surface area contributed by atoms with E-state index in [2.05, 4.69) is 20.0 Å². The molecule has 0 spiro atoms. The van der Waals surface area contributed by atoms with Crippen molar-refractivity contribution in [3.63, 3.8) is 0 Å². The minimum atomic E-state index is -4.62. The third-order valence-corrected chi connectivity index (χ3v) is 6.68. The van der Waals surface area contributed by atoms with Gasteiger partial charge in [0, 0.05) is 16.3 Å². The zero-order valence-electron chi connectivity index (χ0n) is 21.1. The summed E-state index contributed by atoms with van der Waals surface area (Å²) >= 11 is 6.12. The molecule has 0 fully saturated rings. The molecule has 0 saturated carbocycles. The van der Waals surface area contributed by atoms with Crippen LogP contribution in [0.4, 0.5) is 18.9 Å². The van der Waals surface area contributed by atoms with Gasteiger partial charge in [0.25, 0.3) is 5.56 Å². The van der Waals surface area contributed by atoms with Crippen LogP contribution >= 0.6 is 11.6 Å². The first-order valence-corrected chi connectivity index (χ1v) is 12.3. The third kappa shape index (κ3) is 4.83. The van der Waals surface area contributed by atoms with Crippen molar-refractivity contribution >= 4 is 22.9 Å². The lowest BCUT2D eigenvalue weighted by molar-refractivity contribution is -0.141. The van der Waals surface area contributed by atoms with E-state index in [1.807, 2.05) is 0 Å². The maximum atomic E-state index is 14.3. The van der Waals surface area contributed by atoms with Crippen molar-refractivity contribution in [2.45, 2.75) is 32.7 Å². The summed E-state index contributed by atoms with van der Waals surface area (Å²) in [5.41, 5.74) is 1.23. The maximum Gasteiger partial charge on any atom is 0.433 e. The smallest absolute Gasteiger partial charge is 0.385 e. The van der Waals surface area contributed by atoms with Gasteiger partial charge in [-0.1, -0.05) is 54.1 Å². The van der Waals surface area contributed by atoms with Crippen molar-refractivity contribution in [3.05, 3.63) is 110 Å². The highest BCUT2D eigenvalue weighted by Crippen LogP contribution is 2.35. The van der Waals surface area contributed by atoms with Crippen molar-refractivity contribution in [1.82, 2.24) is 24.4 Å². The molecule has 0 amide bonds. The predicted molar refractivity (Wildman–Crippen MR) is 143 cm³/mol. The second-order valence-corrected chi connectivity index (χ2v) is 9.52. The number of pyridine rings is 1. The van der Waals surface area contributed by atoms with Crippen LogP contribution in [0.5, 0.6) is 0 Å². The molecule has 0 radical (unpaired) electrons. The van der Waals surface area contributed by atoms with Gasteiger partial charge in [0.2, 0.25) is 0 Å². The van der Waals surface area contributed by atoms with Gasteiger partial charge in [-0.3, -0.25) is 4.79 Å². The van der Waals surface area contributed by atoms with Gasteiger partial charge in [0.05, 0.1) is 18.7 Å². The predicted octanol–water partition coefficient (Wildman–Crippen LogP) is 6.25. The molecule has 0 saturated heterocycles. The molecule has 1 N–H and O–H groups in total. The zero-order valence-corrected chi connectivity index (χ0v) is 21.9. The second kappa shape index (κ2) is 10.2. The van der Waals surface area contributed by atoms with Gasteiger partial charge < -0.3 is 5.11 Å². The number of aromatic nitrogens is 5. The number of rotatable bonds is 5. The molecule has 0 aliphatic heterocycles. The highest BCUT2D eigenvalue weighted by molar-refractivity contribution is 6.30. The van der Waals surface area contributed by atoms with Gasteiger partial charge in [-0.25, -0.2) is 19.0 Å². The van der Waals surface area contributed by atoms with E-state index in [-0.39, 0.29) is 29.3 Å². The quantitative estimate of drug-likeness (QED) is 0.255. The molecular formula is C28H20ClF3N6O2. The zero-order chi connectivity index (χ0) is 28.8. The van der Waals surface area contributed by atoms with Crippen LogP contribution in [0.2, 0.25) is 5.02 Å². The summed E-state index contributed by atoms with van der Waals surface area (Å²) in [5, 5.41) is 19.4. The second-order valence-electron chi connectivity index (χ2n) is 9.09. The molecule has 0 bridgehead atoms. The molecule has 0 aliphatic rings. The largest absolute Gasteiger partial charge is 0.433 e. The van der Waals surface area contributed by atoms with Crippen LogP contribution < -0.4 is 5.56 Å². The molecule has 12 heteroatoms. The minimum absolute atomic E-state index is 0.0646. The van der Waals surface area contributed by atoms with Crippen molar-refractivity contribution in [2.24, 2.45) is 0 Å². The van der Waals surface area contributed by atoms with E-state index >= 15 is 0 Å². The van der Waals surface area contributed by atoms with Crippen LogP contribution in [-0.2, 0) is 12.7 Å². The van der Waals surface area contributed by atoms with E-state index in [0.29, 0.717) is 33.0 Å². The Morgan fingerprint density at radius 3 is 2.20 bits per heavy atom. The van der Waals surface area contributed by atoms with Crippen LogP contribution in [0, 0.1) is 13.5 Å². The van der Waals surface area contributed by atoms with E-state index in [4.69, 9.17) is 18.2 Å². The average Bonchev–Trinajstić information content (AvgIpc) is 3.36. The lowest BCUT2D eigenvalue weighted by Gasteiger charge is -2.19. The van der Waals surface area contributed by atoms with E-state index in [0.717, 1.165) is 6.07 Å². The Bertz CT molecular complexity index is 1840. The molecule has 1 atom stereocenters. The molecule has 3 heterocycles. The number of hydrogen-bond acceptors (Lipinski definition) is 5. The summed E-state index contributed by atoms with van der Waals surface area (Å²) in [7, 11) is 0. The normalized spacial score (nSPS) is 12.4. The Morgan fingerprint density at radius 2 is 1.62 bits per heavy atom. The summed E-state index contributed by atoms with van der Waals surface area (Å²) in [6.45, 7) is 9.98. The summed E-state index contributed by atoms with van der Waals surface area (Å²) in [4.78, 5) is 21.4. The molecule has 5 rings (SSSR count). The molecule has 2 aromatic carbocycles. The summed E-state index contributed by atoms with van der Waals surface area (Å²) in [5.74, 6) is 0.0646. The fourth-order valence-corrected chi connectivity index (χ4v) is 4.59. The molecule has 0 aliphatic carbocycles. The van der Waals surface area contributed by atoms with Gasteiger partial charge >= 0.3 is 6.18 Å². The van der Waals surface area contributed by atoms with E-state index in [1.54, 1.807) is 48.5 Å². The fourth-order valence-electron chi connectivity index (χ4n) is 4.46. The summed E-state index contributed by atoms with van der Waals surface area (Å²) in [6, 6.07) is 15.3. The Kier molecular flexibility index (Phi) is 6.91. The van der Waals surface area contributed by atoms with Crippen molar-refractivity contribution < 1.29 is 18.3 Å². The van der Waals surface area contributed by atoms with Crippen LogP contribution in [0.3, 0.4) is 0 Å². The van der Waals surface area contributed by atoms with Crippen LogP contribution in [0.15, 0.2) is 65.5 Å². The first kappa shape index (κ1) is 27.1. The highest BCUT2D eigenvalue weighted by atomic mass is 35.5. The maximum absolute atomic E-state index is 14.3. The first-order chi connectivity index (χ1) is 19.0. The monoisotopic (exact) mass is 564 g/mol. The molecule has 8 nitrogen and oxygen atoms in total. The van der Waals surface area contributed by atoms with Crippen LogP contribution in [0.25, 0.3) is 32.7 Å². The lowest BCUT2D eigenvalue weighted by atomic mass is 9.96. The topological polar surface area (TPSA) is 89.7 Å². The van der Waals surface area contributed by atoms with E-state index in [9.17, 15) is 23.1 Å². The Morgan fingerprint density at radius 1 is 1.00 bits per heavy atom. The third-order valence-electron chi connectivity index (χ3n) is 6.43.